The number of aliphatic carboxylic acids is 1. The van der Waals surface area contributed by atoms with E-state index in [9.17, 15) is 0 Å². The van der Waals surface area contributed by atoms with Crippen molar-refractivity contribution < 1.29 is 15.0 Å². The fraction of sp³-hybridized carbons (Fsp3) is 0.643. The summed E-state index contributed by atoms with van der Waals surface area (Å²) >= 11 is 0. The van der Waals surface area contributed by atoms with Crippen LogP contribution in [0.25, 0.3) is 0 Å². The molecule has 0 atom stereocenters. The molecule has 0 aliphatic rings. The smallest absolute Gasteiger partial charge is 0.300 e. The lowest BCUT2D eigenvalue weighted by Crippen LogP contribution is -1.82. The lowest BCUT2D eigenvalue weighted by molar-refractivity contribution is -0.134. The van der Waals surface area contributed by atoms with Crippen molar-refractivity contribution in [3.05, 3.63) is 24.3 Å². The minimum absolute atomic E-state index is 0.348. The lowest BCUT2D eigenvalue weighted by Gasteiger charge is -1.96. The zero-order valence-electron chi connectivity index (χ0n) is 11.1. The first-order valence-electron chi connectivity index (χ1n) is 6.23. The molecule has 0 aromatic carbocycles. The van der Waals surface area contributed by atoms with Crippen LogP contribution in [-0.4, -0.2) is 22.8 Å². The van der Waals surface area contributed by atoms with Gasteiger partial charge in [-0.2, -0.15) is 0 Å². The Morgan fingerprint density at radius 1 is 1.06 bits per heavy atom. The van der Waals surface area contributed by atoms with Crippen LogP contribution in [0.15, 0.2) is 24.3 Å². The summed E-state index contributed by atoms with van der Waals surface area (Å²) in [6.07, 6.45) is 15.6. The summed E-state index contributed by atoms with van der Waals surface area (Å²) in [6, 6.07) is 0. The van der Waals surface area contributed by atoms with Gasteiger partial charge < -0.3 is 10.2 Å². The lowest BCUT2D eigenvalue weighted by atomic mass is 10.1. The number of carboxylic acids is 1. The van der Waals surface area contributed by atoms with Crippen LogP contribution in [0.5, 0.6) is 0 Å². The standard InChI is InChI=1S/C12H22O.C2H4O2/c1-2-3-4-5-6-7-8-9-10-11-12-13;1-2(3)4/h2-5,13H,6-12H2,1H3;1H3,(H,3,4)/b3-2+,5-4+;. The highest BCUT2D eigenvalue weighted by Gasteiger charge is 1.87. The van der Waals surface area contributed by atoms with Gasteiger partial charge in [-0.15, -0.1) is 0 Å². The number of carboxylic acid groups (broad SMARTS) is 1. The molecule has 100 valence electrons. The molecule has 0 spiro atoms. The van der Waals surface area contributed by atoms with E-state index in [1.165, 1.54) is 32.1 Å². The van der Waals surface area contributed by atoms with Gasteiger partial charge in [-0.25, -0.2) is 0 Å². The third kappa shape index (κ3) is 31.3. The fourth-order valence-corrected chi connectivity index (χ4v) is 1.19. The van der Waals surface area contributed by atoms with Gasteiger partial charge in [-0.3, -0.25) is 4.79 Å². The molecule has 0 rings (SSSR count). The monoisotopic (exact) mass is 242 g/mol. The van der Waals surface area contributed by atoms with Crippen molar-refractivity contribution in [1.82, 2.24) is 0 Å². The molecule has 0 fully saturated rings. The van der Waals surface area contributed by atoms with Crippen molar-refractivity contribution in [1.29, 1.82) is 0 Å². The molecule has 3 heteroatoms. The van der Waals surface area contributed by atoms with E-state index >= 15 is 0 Å². The SMILES string of the molecule is C/C=C/C=C/CCCCCCCO.CC(=O)O. The van der Waals surface area contributed by atoms with Crippen LogP contribution in [-0.2, 0) is 4.79 Å². The zero-order chi connectivity index (χ0) is 13.4. The van der Waals surface area contributed by atoms with Gasteiger partial charge in [0.15, 0.2) is 0 Å². The number of unbranched alkanes of at least 4 members (excludes halogenated alkanes) is 5. The second kappa shape index (κ2) is 17.3. The number of allylic oxidation sites excluding steroid dienone is 4. The van der Waals surface area contributed by atoms with Gasteiger partial charge in [0.2, 0.25) is 0 Å². The van der Waals surface area contributed by atoms with E-state index in [1.807, 2.05) is 13.0 Å². The molecule has 0 aliphatic carbocycles. The van der Waals surface area contributed by atoms with Crippen molar-refractivity contribution in [3.8, 4) is 0 Å². The van der Waals surface area contributed by atoms with Crippen molar-refractivity contribution in [2.45, 2.75) is 52.4 Å². The Kier molecular flexibility index (Phi) is 18.6. The van der Waals surface area contributed by atoms with Gasteiger partial charge in [-0.05, 0) is 26.2 Å². The molecule has 0 heterocycles. The molecule has 0 radical (unpaired) electrons. The molecular weight excluding hydrogens is 216 g/mol. The second-order valence-corrected chi connectivity index (χ2v) is 3.75. The predicted molar refractivity (Wildman–Crippen MR) is 72.1 cm³/mol. The minimum atomic E-state index is -0.833. The summed E-state index contributed by atoms with van der Waals surface area (Å²) < 4.78 is 0. The van der Waals surface area contributed by atoms with Crippen LogP contribution in [0.4, 0.5) is 0 Å². The summed E-state index contributed by atoms with van der Waals surface area (Å²) in [7, 11) is 0. The fourth-order valence-electron chi connectivity index (χ4n) is 1.19. The van der Waals surface area contributed by atoms with E-state index in [2.05, 4.69) is 18.2 Å². The maximum atomic E-state index is 9.00. The van der Waals surface area contributed by atoms with Crippen molar-refractivity contribution in [2.75, 3.05) is 6.61 Å². The highest BCUT2D eigenvalue weighted by Crippen LogP contribution is 2.05. The molecule has 17 heavy (non-hydrogen) atoms. The Hall–Kier alpha value is -1.09. The van der Waals surface area contributed by atoms with E-state index in [4.69, 9.17) is 15.0 Å². The Morgan fingerprint density at radius 2 is 1.59 bits per heavy atom. The van der Waals surface area contributed by atoms with Crippen LogP contribution in [0.2, 0.25) is 0 Å². The third-order valence-electron chi connectivity index (χ3n) is 1.97. The quantitative estimate of drug-likeness (QED) is 0.505. The highest BCUT2D eigenvalue weighted by molar-refractivity contribution is 5.62. The first-order chi connectivity index (χ1) is 8.15. The molecule has 3 nitrogen and oxygen atoms in total. The summed E-state index contributed by atoms with van der Waals surface area (Å²) in [6.45, 7) is 3.46. The molecule has 0 saturated carbocycles. The van der Waals surface area contributed by atoms with E-state index in [1.54, 1.807) is 0 Å². The average molecular weight is 242 g/mol. The molecule has 0 saturated heterocycles. The predicted octanol–water partition coefficient (Wildman–Crippen LogP) is 3.54. The van der Waals surface area contributed by atoms with E-state index in [-0.39, 0.29) is 0 Å². The van der Waals surface area contributed by atoms with E-state index < -0.39 is 5.97 Å². The number of rotatable bonds is 8. The Labute approximate surface area is 105 Å². The Morgan fingerprint density at radius 3 is 2.12 bits per heavy atom. The first-order valence-corrected chi connectivity index (χ1v) is 6.23. The van der Waals surface area contributed by atoms with Gasteiger partial charge in [0.05, 0.1) is 0 Å². The molecule has 0 aromatic heterocycles. The van der Waals surface area contributed by atoms with E-state index in [0.717, 1.165) is 13.3 Å². The molecule has 0 bridgehead atoms. The zero-order valence-corrected chi connectivity index (χ0v) is 11.1. The minimum Gasteiger partial charge on any atom is -0.481 e. The van der Waals surface area contributed by atoms with Crippen molar-refractivity contribution >= 4 is 5.97 Å². The van der Waals surface area contributed by atoms with Gasteiger partial charge in [0.25, 0.3) is 5.97 Å². The number of hydrogen-bond acceptors (Lipinski definition) is 2. The summed E-state index contributed by atoms with van der Waals surface area (Å²) in [4.78, 5) is 9.00. The van der Waals surface area contributed by atoms with Crippen LogP contribution in [0.1, 0.15) is 52.4 Å². The van der Waals surface area contributed by atoms with Gasteiger partial charge in [-0.1, -0.05) is 43.6 Å². The van der Waals surface area contributed by atoms with Crippen LogP contribution < -0.4 is 0 Å². The van der Waals surface area contributed by atoms with Crippen LogP contribution in [0.3, 0.4) is 0 Å². The first kappa shape index (κ1) is 18.3. The number of aliphatic hydroxyl groups excluding tert-OH is 1. The van der Waals surface area contributed by atoms with Crippen LogP contribution in [0, 0.1) is 0 Å². The second-order valence-electron chi connectivity index (χ2n) is 3.75. The topological polar surface area (TPSA) is 57.5 Å². The maximum Gasteiger partial charge on any atom is 0.300 e. The summed E-state index contributed by atoms with van der Waals surface area (Å²) in [5.74, 6) is -0.833. The third-order valence-corrected chi connectivity index (χ3v) is 1.97. The van der Waals surface area contributed by atoms with Gasteiger partial charge >= 0.3 is 0 Å². The summed E-state index contributed by atoms with van der Waals surface area (Å²) in [5, 5.41) is 16.0. The van der Waals surface area contributed by atoms with Gasteiger partial charge in [0, 0.05) is 13.5 Å². The highest BCUT2D eigenvalue weighted by atomic mass is 16.4. The maximum absolute atomic E-state index is 9.00. The average Bonchev–Trinajstić information content (AvgIpc) is 2.26. The molecular formula is C14H26O3. The largest absolute Gasteiger partial charge is 0.481 e. The summed E-state index contributed by atoms with van der Waals surface area (Å²) in [5.41, 5.74) is 0. The Bertz CT molecular complexity index is 204. The normalized spacial score (nSPS) is 10.5. The van der Waals surface area contributed by atoms with E-state index in [0.29, 0.717) is 6.61 Å². The van der Waals surface area contributed by atoms with Crippen molar-refractivity contribution in [3.63, 3.8) is 0 Å². The van der Waals surface area contributed by atoms with Crippen LogP contribution >= 0.6 is 0 Å². The molecule has 0 unspecified atom stereocenters. The Balaban J connectivity index is 0. The number of aliphatic hydroxyl groups is 1. The van der Waals surface area contributed by atoms with Gasteiger partial charge in [0.1, 0.15) is 0 Å². The molecule has 0 amide bonds. The molecule has 0 aliphatic heterocycles. The molecule has 0 aromatic rings. The molecule has 2 N–H and O–H groups in total. The number of carbonyl (C=O) groups is 1. The van der Waals surface area contributed by atoms with Crippen molar-refractivity contribution in [2.24, 2.45) is 0 Å². The number of hydrogen-bond donors (Lipinski definition) is 2.